The molecule has 0 N–H and O–H groups in total. The van der Waals surface area contributed by atoms with Gasteiger partial charge in [0.2, 0.25) is 0 Å². The molecule has 2 aromatic carbocycles. The van der Waals surface area contributed by atoms with E-state index in [0.717, 1.165) is 47.2 Å². The average Bonchev–Trinajstić information content (AvgIpc) is 2.83. The van der Waals surface area contributed by atoms with Crippen LogP contribution in [0.15, 0.2) is 79.0 Å². The molecule has 4 nitrogen and oxygen atoms in total. The van der Waals surface area contributed by atoms with Gasteiger partial charge < -0.3 is 4.90 Å². The fourth-order valence-electron chi connectivity index (χ4n) is 4.28. The molecule has 1 aliphatic heterocycles. The molecule has 5 rings (SSSR count). The number of fused-ring (bicyclic) bond motifs is 1. The van der Waals surface area contributed by atoms with Crippen molar-refractivity contribution in [2.24, 2.45) is 0 Å². The Morgan fingerprint density at radius 1 is 1.00 bits per heavy atom. The topological polar surface area (TPSA) is 46.1 Å². The van der Waals surface area contributed by atoms with Gasteiger partial charge in [0, 0.05) is 52.4 Å². The minimum atomic E-state index is 0.0708. The van der Waals surface area contributed by atoms with Crippen molar-refractivity contribution in [2.75, 3.05) is 13.1 Å². The van der Waals surface area contributed by atoms with E-state index < -0.39 is 0 Å². The third-order valence-electron chi connectivity index (χ3n) is 5.87. The maximum atomic E-state index is 13.2. The molecule has 1 fully saturated rings. The predicted molar refractivity (Wildman–Crippen MR) is 124 cm³/mol. The molecular weight excluding hydrogens is 406 g/mol. The highest BCUT2D eigenvalue weighted by molar-refractivity contribution is 6.30. The van der Waals surface area contributed by atoms with Gasteiger partial charge in [0.1, 0.15) is 0 Å². The Hall–Kier alpha value is -3.24. The van der Waals surface area contributed by atoms with Gasteiger partial charge in [-0.2, -0.15) is 0 Å². The normalized spacial score (nSPS) is 16.4. The number of likely N-dealkylation sites (tertiary alicyclic amines) is 1. The molecule has 1 amide bonds. The monoisotopic (exact) mass is 427 g/mol. The first kappa shape index (κ1) is 19.7. The van der Waals surface area contributed by atoms with Gasteiger partial charge in [-0.15, -0.1) is 0 Å². The maximum absolute atomic E-state index is 13.2. The molecule has 0 saturated carbocycles. The Kier molecular flexibility index (Phi) is 5.39. The SMILES string of the molecule is O=C(c1ccc2ncccc2c1)N1CCC[C@@H](c2cccc(-c3cccc(Cl)c3)n2)C1. The van der Waals surface area contributed by atoms with Gasteiger partial charge >= 0.3 is 0 Å². The highest BCUT2D eigenvalue weighted by atomic mass is 35.5. The van der Waals surface area contributed by atoms with Crippen LogP contribution in [0.3, 0.4) is 0 Å². The summed E-state index contributed by atoms with van der Waals surface area (Å²) in [7, 11) is 0. The van der Waals surface area contributed by atoms with Crippen molar-refractivity contribution in [3.8, 4) is 11.3 Å². The quantitative estimate of drug-likeness (QED) is 0.404. The van der Waals surface area contributed by atoms with Crippen LogP contribution < -0.4 is 0 Å². The summed E-state index contributed by atoms with van der Waals surface area (Å²) in [5.74, 6) is 0.292. The number of benzene rings is 2. The Bertz CT molecular complexity index is 1260. The second kappa shape index (κ2) is 8.48. The van der Waals surface area contributed by atoms with Crippen molar-refractivity contribution in [3.63, 3.8) is 0 Å². The lowest BCUT2D eigenvalue weighted by Gasteiger charge is -2.32. The third-order valence-corrected chi connectivity index (χ3v) is 6.10. The molecule has 2 aromatic heterocycles. The van der Waals surface area contributed by atoms with Crippen LogP contribution in [0, 0.1) is 0 Å². The van der Waals surface area contributed by atoms with Crippen LogP contribution >= 0.6 is 11.6 Å². The van der Waals surface area contributed by atoms with Gasteiger partial charge in [-0.05, 0) is 61.4 Å². The first-order chi connectivity index (χ1) is 15.2. The minimum Gasteiger partial charge on any atom is -0.338 e. The van der Waals surface area contributed by atoms with Crippen LogP contribution in [0.2, 0.25) is 5.02 Å². The molecule has 4 aromatic rings. The maximum Gasteiger partial charge on any atom is 0.253 e. The van der Waals surface area contributed by atoms with Crippen LogP contribution in [-0.4, -0.2) is 33.9 Å². The number of amides is 1. The predicted octanol–water partition coefficient (Wildman–Crippen LogP) is 5.97. The summed E-state index contributed by atoms with van der Waals surface area (Å²) in [6.45, 7) is 1.45. The zero-order chi connectivity index (χ0) is 21.2. The molecule has 1 saturated heterocycles. The summed E-state index contributed by atoms with van der Waals surface area (Å²) < 4.78 is 0. The number of piperidine rings is 1. The first-order valence-corrected chi connectivity index (χ1v) is 10.9. The molecule has 0 spiro atoms. The fraction of sp³-hybridized carbons (Fsp3) is 0.192. The van der Waals surface area contributed by atoms with Crippen molar-refractivity contribution >= 4 is 28.4 Å². The number of aromatic nitrogens is 2. The van der Waals surface area contributed by atoms with Crippen molar-refractivity contribution in [1.82, 2.24) is 14.9 Å². The molecule has 0 radical (unpaired) electrons. The number of pyridine rings is 2. The summed E-state index contributed by atoms with van der Waals surface area (Å²) in [6.07, 6.45) is 3.76. The van der Waals surface area contributed by atoms with Crippen LogP contribution in [-0.2, 0) is 0 Å². The molecule has 154 valence electrons. The summed E-state index contributed by atoms with van der Waals surface area (Å²) in [6, 6.07) is 23.5. The highest BCUT2D eigenvalue weighted by Gasteiger charge is 2.26. The second-order valence-electron chi connectivity index (χ2n) is 7.96. The average molecular weight is 428 g/mol. The van der Waals surface area contributed by atoms with E-state index in [-0.39, 0.29) is 11.8 Å². The molecular formula is C26H22ClN3O. The van der Waals surface area contributed by atoms with Gasteiger partial charge in [0.05, 0.1) is 11.2 Å². The van der Waals surface area contributed by atoms with Gasteiger partial charge in [-0.3, -0.25) is 14.8 Å². The van der Waals surface area contributed by atoms with Gasteiger partial charge in [0.25, 0.3) is 5.91 Å². The lowest BCUT2D eigenvalue weighted by atomic mass is 9.93. The standard InChI is InChI=1S/C26H22ClN3O/c27-22-8-1-5-19(16-22)24-9-2-10-25(29-24)21-7-4-14-30(17-21)26(31)20-11-12-23-18(15-20)6-3-13-28-23/h1-3,5-6,8-13,15-16,21H,4,7,14,17H2/t21-/m1/s1. The first-order valence-electron chi connectivity index (χ1n) is 10.5. The van der Waals surface area contributed by atoms with E-state index in [4.69, 9.17) is 16.6 Å². The van der Waals surface area contributed by atoms with E-state index >= 15 is 0 Å². The van der Waals surface area contributed by atoms with E-state index in [1.54, 1.807) is 6.20 Å². The van der Waals surface area contributed by atoms with E-state index in [1.807, 2.05) is 71.6 Å². The summed E-state index contributed by atoms with van der Waals surface area (Å²) >= 11 is 6.16. The molecule has 0 bridgehead atoms. The largest absolute Gasteiger partial charge is 0.338 e. The number of hydrogen-bond acceptors (Lipinski definition) is 3. The van der Waals surface area contributed by atoms with E-state index in [0.29, 0.717) is 17.1 Å². The number of carbonyl (C=O) groups excluding carboxylic acids is 1. The molecule has 5 heteroatoms. The molecule has 0 aliphatic carbocycles. The van der Waals surface area contributed by atoms with Gasteiger partial charge in [0.15, 0.2) is 0 Å². The van der Waals surface area contributed by atoms with Crippen molar-refractivity contribution in [3.05, 3.63) is 95.3 Å². The van der Waals surface area contributed by atoms with Gasteiger partial charge in [-0.1, -0.05) is 35.9 Å². The third kappa shape index (κ3) is 4.17. The van der Waals surface area contributed by atoms with E-state index in [2.05, 4.69) is 11.1 Å². The van der Waals surface area contributed by atoms with Crippen LogP contribution in [0.5, 0.6) is 0 Å². The smallest absolute Gasteiger partial charge is 0.253 e. The minimum absolute atomic E-state index is 0.0708. The highest BCUT2D eigenvalue weighted by Crippen LogP contribution is 2.29. The molecule has 3 heterocycles. The summed E-state index contributed by atoms with van der Waals surface area (Å²) in [5, 5.41) is 1.68. The number of rotatable bonds is 3. The van der Waals surface area contributed by atoms with E-state index in [9.17, 15) is 4.79 Å². The lowest BCUT2D eigenvalue weighted by Crippen LogP contribution is -2.39. The molecule has 31 heavy (non-hydrogen) atoms. The molecule has 1 atom stereocenters. The zero-order valence-electron chi connectivity index (χ0n) is 17.0. The second-order valence-corrected chi connectivity index (χ2v) is 8.40. The fourth-order valence-corrected chi connectivity index (χ4v) is 4.47. The van der Waals surface area contributed by atoms with Crippen molar-refractivity contribution in [1.29, 1.82) is 0 Å². The molecule has 1 aliphatic rings. The summed E-state index contributed by atoms with van der Waals surface area (Å²) in [5.41, 5.74) is 4.55. The van der Waals surface area contributed by atoms with Crippen LogP contribution in [0.1, 0.15) is 34.8 Å². The Labute approximate surface area is 186 Å². The van der Waals surface area contributed by atoms with Crippen molar-refractivity contribution < 1.29 is 4.79 Å². The lowest BCUT2D eigenvalue weighted by molar-refractivity contribution is 0.0706. The summed E-state index contributed by atoms with van der Waals surface area (Å²) in [4.78, 5) is 24.4. The Morgan fingerprint density at radius 3 is 2.81 bits per heavy atom. The Balaban J connectivity index is 1.37. The molecule has 0 unspecified atom stereocenters. The Morgan fingerprint density at radius 2 is 1.90 bits per heavy atom. The number of hydrogen-bond donors (Lipinski definition) is 0. The van der Waals surface area contributed by atoms with Crippen LogP contribution in [0.25, 0.3) is 22.2 Å². The van der Waals surface area contributed by atoms with Gasteiger partial charge in [-0.25, -0.2) is 0 Å². The van der Waals surface area contributed by atoms with Crippen LogP contribution in [0.4, 0.5) is 0 Å². The number of nitrogens with zero attached hydrogens (tertiary/aromatic N) is 3. The van der Waals surface area contributed by atoms with Crippen molar-refractivity contribution in [2.45, 2.75) is 18.8 Å². The van der Waals surface area contributed by atoms with E-state index in [1.165, 1.54) is 0 Å². The number of halogens is 1. The number of carbonyl (C=O) groups is 1. The zero-order valence-corrected chi connectivity index (χ0v) is 17.8.